The van der Waals surface area contributed by atoms with Crippen LogP contribution in [-0.2, 0) is 11.3 Å². The molecule has 2 aliphatic rings. The first-order chi connectivity index (χ1) is 8.61. The zero-order valence-electron chi connectivity index (χ0n) is 10.3. The lowest BCUT2D eigenvalue weighted by Gasteiger charge is -2.29. The summed E-state index contributed by atoms with van der Waals surface area (Å²) < 4.78 is 5.98. The lowest BCUT2D eigenvalue weighted by molar-refractivity contribution is -0.141. The van der Waals surface area contributed by atoms with Crippen molar-refractivity contribution in [2.75, 3.05) is 20.1 Å². The first-order valence-electron chi connectivity index (χ1n) is 5.98. The molecule has 1 saturated heterocycles. The number of pyridine rings is 1. The van der Waals surface area contributed by atoms with Gasteiger partial charge in [-0.1, -0.05) is 0 Å². The second-order valence-electron chi connectivity index (χ2n) is 5.00. The van der Waals surface area contributed by atoms with Crippen LogP contribution in [0.3, 0.4) is 0 Å². The highest BCUT2D eigenvalue weighted by Crippen LogP contribution is 2.34. The van der Waals surface area contributed by atoms with Gasteiger partial charge in [-0.2, -0.15) is 0 Å². The minimum atomic E-state index is -0.849. The molecule has 2 radical (unpaired) electrons. The van der Waals surface area contributed by atoms with E-state index in [1.54, 1.807) is 12.4 Å². The van der Waals surface area contributed by atoms with E-state index in [9.17, 15) is 4.79 Å². The molecule has 2 aliphatic heterocycles. The number of likely N-dealkylation sites (N-methyl/N-ethyl adjacent to an activating group) is 1. The Labute approximate surface area is 107 Å². The summed E-state index contributed by atoms with van der Waals surface area (Å²) in [6.07, 6.45) is 3.99. The van der Waals surface area contributed by atoms with E-state index in [2.05, 4.69) is 9.88 Å². The third-order valence-electron chi connectivity index (χ3n) is 3.59. The lowest BCUT2D eigenvalue weighted by atomic mass is 9.99. The van der Waals surface area contributed by atoms with Crippen LogP contribution in [0.2, 0.25) is 0 Å². The Morgan fingerprint density at radius 2 is 2.39 bits per heavy atom. The molecule has 1 fully saturated rings. The van der Waals surface area contributed by atoms with Gasteiger partial charge in [-0.25, -0.2) is 0 Å². The molecule has 92 valence electrons. The molecule has 1 spiro atoms. The number of ether oxygens (including phenoxy) is 1. The van der Waals surface area contributed by atoms with Gasteiger partial charge in [0.1, 0.15) is 5.75 Å². The van der Waals surface area contributed by atoms with Crippen molar-refractivity contribution in [2.24, 2.45) is 0 Å². The molecule has 1 aromatic heterocycles. The number of nitrogens with zero attached hydrogens (tertiary/aromatic N) is 3. The van der Waals surface area contributed by atoms with Crippen LogP contribution in [0.4, 0.5) is 0 Å². The molecular weight excluding hydrogens is 229 g/mol. The quantitative estimate of drug-likeness (QED) is 0.600. The highest BCUT2D eigenvalue weighted by atomic mass is 16.5. The van der Waals surface area contributed by atoms with Crippen LogP contribution >= 0.6 is 0 Å². The van der Waals surface area contributed by atoms with Crippen molar-refractivity contribution in [1.82, 2.24) is 14.7 Å². The number of hydrogen-bond acceptors (Lipinski definition) is 4. The fourth-order valence-electron chi connectivity index (χ4n) is 2.63. The SMILES string of the molecule is [B]N1Cc2ccncc2OC2(CCN(C)C2)C1=O. The van der Waals surface area contributed by atoms with Crippen LogP contribution in [0.1, 0.15) is 12.0 Å². The molecule has 0 aromatic carbocycles. The second-order valence-corrected chi connectivity index (χ2v) is 5.00. The molecule has 1 atom stereocenters. The van der Waals surface area contributed by atoms with Gasteiger partial charge in [0.2, 0.25) is 7.98 Å². The number of rotatable bonds is 0. The molecule has 0 saturated carbocycles. The van der Waals surface area contributed by atoms with Crippen molar-refractivity contribution < 1.29 is 9.53 Å². The smallest absolute Gasteiger partial charge is 0.255 e. The van der Waals surface area contributed by atoms with Crippen molar-refractivity contribution in [3.63, 3.8) is 0 Å². The van der Waals surface area contributed by atoms with E-state index >= 15 is 0 Å². The van der Waals surface area contributed by atoms with Crippen LogP contribution < -0.4 is 4.74 Å². The lowest BCUT2D eigenvalue weighted by Crippen LogP contribution is -2.52. The van der Waals surface area contributed by atoms with E-state index in [0.717, 1.165) is 12.1 Å². The largest absolute Gasteiger partial charge is 0.474 e. The fourth-order valence-corrected chi connectivity index (χ4v) is 2.63. The van der Waals surface area contributed by atoms with Crippen molar-refractivity contribution >= 4 is 13.9 Å². The summed E-state index contributed by atoms with van der Waals surface area (Å²) in [6.45, 7) is 1.76. The average Bonchev–Trinajstić information content (AvgIpc) is 2.68. The molecule has 0 N–H and O–H groups in total. The molecule has 3 rings (SSSR count). The average molecular weight is 243 g/mol. The predicted octanol–water partition coefficient (Wildman–Crippen LogP) is -0.0396. The van der Waals surface area contributed by atoms with Gasteiger partial charge in [0.15, 0.2) is 5.60 Å². The summed E-state index contributed by atoms with van der Waals surface area (Å²) in [5.41, 5.74) is 0.0462. The van der Waals surface area contributed by atoms with E-state index in [1.165, 1.54) is 4.81 Å². The molecule has 5 nitrogen and oxygen atoms in total. The van der Waals surface area contributed by atoms with E-state index < -0.39 is 5.60 Å². The highest BCUT2D eigenvalue weighted by Gasteiger charge is 2.48. The maximum Gasteiger partial charge on any atom is 0.255 e. The van der Waals surface area contributed by atoms with Gasteiger partial charge in [-0.05, 0) is 13.1 Å². The number of amides is 1. The number of carbonyl (C=O) groups is 1. The van der Waals surface area contributed by atoms with Gasteiger partial charge in [0.25, 0.3) is 5.91 Å². The number of carbonyl (C=O) groups excluding carboxylic acids is 1. The number of fused-ring (bicyclic) bond motifs is 1. The van der Waals surface area contributed by atoms with Crippen molar-refractivity contribution in [2.45, 2.75) is 18.6 Å². The first-order valence-corrected chi connectivity index (χ1v) is 5.98. The van der Waals surface area contributed by atoms with Crippen LogP contribution in [0.25, 0.3) is 0 Å². The number of likely N-dealkylation sites (tertiary alicyclic amines) is 1. The maximum atomic E-state index is 12.4. The molecular formula is C12H14BN3O2. The van der Waals surface area contributed by atoms with Crippen LogP contribution in [0, 0.1) is 0 Å². The van der Waals surface area contributed by atoms with Crippen molar-refractivity contribution in [3.05, 3.63) is 24.0 Å². The molecule has 1 amide bonds. The topological polar surface area (TPSA) is 45.7 Å². The monoisotopic (exact) mass is 243 g/mol. The Bertz CT molecular complexity index is 496. The van der Waals surface area contributed by atoms with Crippen LogP contribution in [0.5, 0.6) is 5.75 Å². The normalized spacial score (nSPS) is 28.1. The zero-order chi connectivity index (χ0) is 12.8. The Balaban J connectivity index is 2.03. The molecule has 3 heterocycles. The summed E-state index contributed by atoms with van der Waals surface area (Å²) in [7, 11) is 7.83. The van der Waals surface area contributed by atoms with Crippen molar-refractivity contribution in [1.29, 1.82) is 0 Å². The van der Waals surface area contributed by atoms with Crippen molar-refractivity contribution in [3.8, 4) is 5.75 Å². The van der Waals surface area contributed by atoms with Gasteiger partial charge < -0.3 is 14.4 Å². The summed E-state index contributed by atoms with van der Waals surface area (Å²) in [5, 5.41) is 0. The molecule has 6 heteroatoms. The number of hydrogen-bond donors (Lipinski definition) is 0. The van der Waals surface area contributed by atoms with E-state index in [0.29, 0.717) is 25.3 Å². The molecule has 0 aliphatic carbocycles. The second kappa shape index (κ2) is 3.98. The van der Waals surface area contributed by atoms with Crippen LogP contribution in [-0.4, -0.2) is 54.3 Å². The van der Waals surface area contributed by atoms with E-state index in [1.807, 2.05) is 13.1 Å². The maximum absolute atomic E-state index is 12.4. The molecule has 18 heavy (non-hydrogen) atoms. The summed E-state index contributed by atoms with van der Waals surface area (Å²) >= 11 is 0. The van der Waals surface area contributed by atoms with Gasteiger partial charge >= 0.3 is 0 Å². The molecule has 0 bridgehead atoms. The Hall–Kier alpha value is -1.56. The minimum absolute atomic E-state index is 0.150. The van der Waals surface area contributed by atoms with Gasteiger partial charge in [-0.3, -0.25) is 9.78 Å². The zero-order valence-corrected chi connectivity index (χ0v) is 10.3. The van der Waals surface area contributed by atoms with E-state index in [4.69, 9.17) is 12.7 Å². The Morgan fingerprint density at radius 3 is 3.11 bits per heavy atom. The standard InChI is InChI=1S/C12H14BN3O2/c1-15-5-3-12(8-15)11(17)16(13)7-9-2-4-14-6-10(9)18-12/h2,4,6H,3,5,7-8H2,1H3. The molecule has 1 unspecified atom stereocenters. The highest BCUT2D eigenvalue weighted by molar-refractivity contribution is 6.16. The van der Waals surface area contributed by atoms with Gasteiger partial charge in [0, 0.05) is 37.8 Å². The predicted molar refractivity (Wildman–Crippen MR) is 66.0 cm³/mol. The van der Waals surface area contributed by atoms with E-state index in [-0.39, 0.29) is 5.91 Å². The molecule has 1 aromatic rings. The summed E-state index contributed by atoms with van der Waals surface area (Å²) in [5.74, 6) is 0.511. The summed E-state index contributed by atoms with van der Waals surface area (Å²) in [6, 6.07) is 1.83. The number of aromatic nitrogens is 1. The van der Waals surface area contributed by atoms with Gasteiger partial charge in [-0.15, -0.1) is 0 Å². The Kier molecular flexibility index (Phi) is 2.55. The minimum Gasteiger partial charge on any atom is -0.474 e. The summed E-state index contributed by atoms with van der Waals surface area (Å²) in [4.78, 5) is 19.8. The van der Waals surface area contributed by atoms with Gasteiger partial charge in [0.05, 0.1) is 6.20 Å². The van der Waals surface area contributed by atoms with Crippen LogP contribution in [0.15, 0.2) is 18.5 Å². The first kappa shape index (κ1) is 11.5. The fraction of sp³-hybridized carbons (Fsp3) is 0.500. The Morgan fingerprint density at radius 1 is 1.56 bits per heavy atom. The third-order valence-corrected chi connectivity index (χ3v) is 3.59. The third kappa shape index (κ3) is 1.68.